The molecule has 0 bridgehead atoms. The van der Waals surface area contributed by atoms with Crippen LogP contribution < -0.4 is 21.3 Å². The van der Waals surface area contributed by atoms with E-state index in [1.807, 2.05) is 4.90 Å². The molecule has 2 unspecified atom stereocenters. The van der Waals surface area contributed by atoms with Crippen LogP contribution in [0, 0.1) is 5.41 Å². The van der Waals surface area contributed by atoms with Gasteiger partial charge in [-0.25, -0.2) is 0 Å². The SMILES string of the molecule is C[C@H]1CCCCN1C(=O)C[C@H](NC(=O)CCC(C)(C)C)C(=O)NCC1NC2CCCCC2N1. The highest BCUT2D eigenvalue weighted by Gasteiger charge is 2.35. The normalized spacial score (nSPS) is 28.7. The maximum Gasteiger partial charge on any atom is 0.243 e. The summed E-state index contributed by atoms with van der Waals surface area (Å²) < 4.78 is 0. The number of carbonyl (C=O) groups excluding carboxylic acids is 3. The van der Waals surface area contributed by atoms with Gasteiger partial charge >= 0.3 is 0 Å². The van der Waals surface area contributed by atoms with E-state index in [4.69, 9.17) is 0 Å². The van der Waals surface area contributed by atoms with Crippen molar-refractivity contribution in [3.05, 3.63) is 0 Å². The van der Waals surface area contributed by atoms with Crippen LogP contribution >= 0.6 is 0 Å². The Balaban J connectivity index is 1.56. The Hall–Kier alpha value is -1.67. The number of piperidine rings is 1. The Morgan fingerprint density at radius 2 is 1.64 bits per heavy atom. The molecule has 3 amide bonds. The molecule has 4 atom stereocenters. The van der Waals surface area contributed by atoms with Gasteiger partial charge < -0.3 is 15.5 Å². The van der Waals surface area contributed by atoms with Crippen LogP contribution in [0.15, 0.2) is 0 Å². The highest BCUT2D eigenvalue weighted by atomic mass is 16.2. The van der Waals surface area contributed by atoms with E-state index in [2.05, 4.69) is 49.0 Å². The van der Waals surface area contributed by atoms with E-state index in [9.17, 15) is 14.4 Å². The Labute approximate surface area is 199 Å². The van der Waals surface area contributed by atoms with Gasteiger partial charge in [-0.05, 0) is 50.9 Å². The zero-order valence-corrected chi connectivity index (χ0v) is 21.0. The van der Waals surface area contributed by atoms with Crippen molar-refractivity contribution in [2.75, 3.05) is 13.1 Å². The molecule has 188 valence electrons. The van der Waals surface area contributed by atoms with Crippen LogP contribution in [-0.4, -0.2) is 66.0 Å². The van der Waals surface area contributed by atoms with E-state index < -0.39 is 6.04 Å². The number of likely N-dealkylation sites (tertiary alicyclic amines) is 1. The average Bonchev–Trinajstić information content (AvgIpc) is 3.18. The van der Waals surface area contributed by atoms with Gasteiger partial charge in [0.2, 0.25) is 17.7 Å². The number of amides is 3. The second kappa shape index (κ2) is 11.6. The molecule has 2 heterocycles. The highest BCUT2D eigenvalue weighted by molar-refractivity contribution is 5.92. The molecule has 4 N–H and O–H groups in total. The van der Waals surface area contributed by atoms with E-state index >= 15 is 0 Å². The van der Waals surface area contributed by atoms with Crippen LogP contribution in [0.4, 0.5) is 0 Å². The second-order valence-electron chi connectivity index (χ2n) is 11.4. The molecule has 0 radical (unpaired) electrons. The number of nitrogens with one attached hydrogen (secondary N) is 4. The third kappa shape index (κ3) is 7.95. The van der Waals surface area contributed by atoms with Crippen LogP contribution in [0.2, 0.25) is 0 Å². The van der Waals surface area contributed by atoms with Crippen molar-refractivity contribution in [2.45, 2.75) is 122 Å². The summed E-state index contributed by atoms with van der Waals surface area (Å²) in [5.41, 5.74) is 0.0325. The van der Waals surface area contributed by atoms with Crippen LogP contribution in [0.25, 0.3) is 0 Å². The van der Waals surface area contributed by atoms with Crippen molar-refractivity contribution in [1.82, 2.24) is 26.2 Å². The van der Waals surface area contributed by atoms with E-state index in [-0.39, 0.29) is 41.8 Å². The van der Waals surface area contributed by atoms with Gasteiger partial charge in [-0.15, -0.1) is 0 Å². The molecule has 0 aromatic carbocycles. The molecule has 0 aromatic heterocycles. The van der Waals surface area contributed by atoms with Crippen LogP contribution in [0.1, 0.15) is 91.9 Å². The molecule has 1 saturated carbocycles. The Morgan fingerprint density at radius 3 is 2.24 bits per heavy atom. The summed E-state index contributed by atoms with van der Waals surface area (Å²) in [7, 11) is 0. The van der Waals surface area contributed by atoms with Gasteiger partial charge in [-0.1, -0.05) is 33.6 Å². The van der Waals surface area contributed by atoms with Crippen molar-refractivity contribution in [3.63, 3.8) is 0 Å². The smallest absolute Gasteiger partial charge is 0.243 e. The highest BCUT2D eigenvalue weighted by Crippen LogP contribution is 2.23. The predicted octanol–water partition coefficient (Wildman–Crippen LogP) is 2.03. The summed E-state index contributed by atoms with van der Waals surface area (Å²) >= 11 is 0. The van der Waals surface area contributed by atoms with Crippen LogP contribution in [-0.2, 0) is 14.4 Å². The molecule has 2 aliphatic heterocycles. The van der Waals surface area contributed by atoms with Crippen molar-refractivity contribution in [2.24, 2.45) is 5.41 Å². The molecule has 8 heteroatoms. The van der Waals surface area contributed by atoms with E-state index in [0.29, 0.717) is 25.0 Å². The van der Waals surface area contributed by atoms with Gasteiger partial charge in [0.1, 0.15) is 6.04 Å². The molecule has 2 saturated heterocycles. The van der Waals surface area contributed by atoms with Gasteiger partial charge in [0.15, 0.2) is 0 Å². The Bertz CT molecular complexity index is 678. The monoisotopic (exact) mass is 463 g/mol. The van der Waals surface area contributed by atoms with E-state index in [0.717, 1.165) is 45.1 Å². The lowest BCUT2D eigenvalue weighted by Crippen LogP contribution is -2.53. The maximum absolute atomic E-state index is 13.1. The van der Waals surface area contributed by atoms with E-state index in [1.54, 1.807) is 0 Å². The zero-order chi connectivity index (χ0) is 24.0. The Morgan fingerprint density at radius 1 is 1.00 bits per heavy atom. The molecule has 8 nitrogen and oxygen atoms in total. The molecule has 3 aliphatic rings. The largest absolute Gasteiger partial charge is 0.351 e. The third-order valence-corrected chi connectivity index (χ3v) is 7.33. The van der Waals surface area contributed by atoms with Gasteiger partial charge in [0.25, 0.3) is 0 Å². The fourth-order valence-corrected chi connectivity index (χ4v) is 5.26. The average molecular weight is 464 g/mol. The molecular weight excluding hydrogens is 418 g/mol. The van der Waals surface area contributed by atoms with Crippen LogP contribution in [0.3, 0.4) is 0 Å². The number of hydrogen-bond acceptors (Lipinski definition) is 5. The lowest BCUT2D eigenvalue weighted by atomic mass is 9.90. The van der Waals surface area contributed by atoms with Crippen molar-refractivity contribution < 1.29 is 14.4 Å². The first-order valence-electron chi connectivity index (χ1n) is 13.0. The molecule has 3 fully saturated rings. The van der Waals surface area contributed by atoms with Crippen molar-refractivity contribution in [3.8, 4) is 0 Å². The zero-order valence-electron chi connectivity index (χ0n) is 21.0. The first-order valence-corrected chi connectivity index (χ1v) is 13.0. The topological polar surface area (TPSA) is 103 Å². The first-order chi connectivity index (χ1) is 15.6. The van der Waals surface area contributed by atoms with Crippen molar-refractivity contribution >= 4 is 17.7 Å². The molecule has 33 heavy (non-hydrogen) atoms. The summed E-state index contributed by atoms with van der Waals surface area (Å²) in [6.07, 6.45) is 9.03. The predicted molar refractivity (Wildman–Crippen MR) is 129 cm³/mol. The van der Waals surface area contributed by atoms with Gasteiger partial charge in [0, 0.05) is 37.6 Å². The summed E-state index contributed by atoms with van der Waals surface area (Å²) in [6.45, 7) is 9.49. The first kappa shape index (κ1) is 25.9. The number of rotatable bonds is 8. The second-order valence-corrected chi connectivity index (χ2v) is 11.4. The number of fused-ring (bicyclic) bond motifs is 1. The maximum atomic E-state index is 13.1. The molecule has 1 aliphatic carbocycles. The van der Waals surface area contributed by atoms with Gasteiger partial charge in [0.05, 0.1) is 12.6 Å². The van der Waals surface area contributed by atoms with Gasteiger partial charge in [-0.2, -0.15) is 0 Å². The lowest BCUT2D eigenvalue weighted by molar-refractivity contribution is -0.138. The van der Waals surface area contributed by atoms with Crippen molar-refractivity contribution in [1.29, 1.82) is 0 Å². The minimum absolute atomic E-state index is 0.00814. The van der Waals surface area contributed by atoms with Crippen LogP contribution in [0.5, 0.6) is 0 Å². The standard InChI is InChI=1S/C25H45N5O3/c1-17-9-7-8-14-30(17)23(32)15-20(29-22(31)12-13-25(2,3)4)24(33)26-16-21-27-18-10-5-6-11-19(18)28-21/h17-21,27-28H,5-16H2,1-4H3,(H,26,33)(H,29,31)/t17-,18?,19?,20-,21?/m0/s1. The Kier molecular flexibility index (Phi) is 9.16. The molecule has 0 spiro atoms. The summed E-state index contributed by atoms with van der Waals surface area (Å²) in [5.74, 6) is -0.509. The molecule has 0 aromatic rings. The number of carbonyl (C=O) groups is 3. The number of nitrogens with zero attached hydrogens (tertiary/aromatic N) is 1. The summed E-state index contributed by atoms with van der Waals surface area (Å²) in [6, 6.07) is 0.274. The molecule has 3 rings (SSSR count). The van der Waals surface area contributed by atoms with E-state index in [1.165, 1.54) is 12.8 Å². The molecular formula is C25H45N5O3. The minimum atomic E-state index is -0.845. The number of hydrogen-bond donors (Lipinski definition) is 4. The van der Waals surface area contributed by atoms with Gasteiger partial charge in [-0.3, -0.25) is 25.0 Å². The minimum Gasteiger partial charge on any atom is -0.351 e. The fraction of sp³-hybridized carbons (Fsp3) is 0.880. The summed E-state index contributed by atoms with van der Waals surface area (Å²) in [5, 5.41) is 13.0. The lowest BCUT2D eigenvalue weighted by Gasteiger charge is -2.34. The fourth-order valence-electron chi connectivity index (χ4n) is 5.26. The summed E-state index contributed by atoms with van der Waals surface area (Å²) in [4.78, 5) is 40.6. The third-order valence-electron chi connectivity index (χ3n) is 7.33. The quantitative estimate of drug-likeness (QED) is 0.441.